The molecule has 1 aromatic carbocycles. The van der Waals surface area contributed by atoms with Gasteiger partial charge in [0.1, 0.15) is 4.90 Å². The van der Waals surface area contributed by atoms with E-state index in [0.29, 0.717) is 23.4 Å². The molecule has 8 heteroatoms. The van der Waals surface area contributed by atoms with Crippen LogP contribution in [0.15, 0.2) is 41.6 Å². The largest absolute Gasteiger partial charge is 0.371 e. The minimum absolute atomic E-state index is 0.628. The van der Waals surface area contributed by atoms with Crippen molar-refractivity contribution >= 4 is 22.4 Å². The van der Waals surface area contributed by atoms with Gasteiger partial charge in [-0.3, -0.25) is 4.21 Å². The lowest BCUT2D eigenvalue weighted by molar-refractivity contribution is 0.533. The third-order valence-corrected chi connectivity index (χ3v) is 8.82. The molecule has 7 nitrogen and oxygen atoms in total. The maximum atomic E-state index is 12.6. The van der Waals surface area contributed by atoms with Crippen molar-refractivity contribution < 1.29 is 4.21 Å². The van der Waals surface area contributed by atoms with Gasteiger partial charge in [0.15, 0.2) is 5.82 Å². The molecule has 2 saturated heterocycles. The van der Waals surface area contributed by atoms with E-state index in [0.717, 1.165) is 49.1 Å². The predicted molar refractivity (Wildman–Crippen MR) is 119 cm³/mol. The maximum absolute atomic E-state index is 12.6. The second-order valence-electron chi connectivity index (χ2n) is 9.16. The lowest BCUT2D eigenvalue weighted by atomic mass is 9.88. The van der Waals surface area contributed by atoms with Crippen molar-refractivity contribution in [2.75, 3.05) is 41.7 Å². The molecule has 0 amide bonds. The highest BCUT2D eigenvalue weighted by molar-refractivity contribution is 7.85. The van der Waals surface area contributed by atoms with Crippen molar-refractivity contribution in [1.82, 2.24) is 19.7 Å². The first-order chi connectivity index (χ1) is 15.2. The summed E-state index contributed by atoms with van der Waals surface area (Å²) in [6.07, 6.45) is 6.82. The van der Waals surface area contributed by atoms with Crippen LogP contribution in [0.3, 0.4) is 0 Å². The lowest BCUT2D eigenvalue weighted by Gasteiger charge is -2.26. The van der Waals surface area contributed by atoms with Crippen molar-refractivity contribution in [1.29, 1.82) is 0 Å². The molecule has 3 atom stereocenters. The van der Waals surface area contributed by atoms with Gasteiger partial charge in [0, 0.05) is 68.3 Å². The highest BCUT2D eigenvalue weighted by Gasteiger charge is 2.41. The predicted octanol–water partition coefficient (Wildman–Crippen LogP) is 2.00. The fraction of sp³-hybridized carbons (Fsp3) is 0.435. The zero-order valence-corrected chi connectivity index (χ0v) is 18.1. The second-order valence-corrected chi connectivity index (χ2v) is 10.7. The van der Waals surface area contributed by atoms with Crippen molar-refractivity contribution in [3.8, 4) is 5.82 Å². The van der Waals surface area contributed by atoms with E-state index in [1.165, 1.54) is 29.7 Å². The molecule has 158 valence electrons. The number of aromatic nitrogens is 4. The zero-order valence-electron chi connectivity index (χ0n) is 17.3. The fourth-order valence-corrected chi connectivity index (χ4v) is 6.94. The Morgan fingerprint density at radius 1 is 0.935 bits per heavy atom. The van der Waals surface area contributed by atoms with Crippen LogP contribution in [-0.2, 0) is 30.1 Å². The highest BCUT2D eigenvalue weighted by atomic mass is 32.2. The summed E-state index contributed by atoms with van der Waals surface area (Å²) in [4.78, 5) is 15.4. The number of rotatable bonds is 3. The topological polar surface area (TPSA) is 67.2 Å². The first-order valence-electron chi connectivity index (χ1n) is 11.1. The number of benzene rings is 1. The minimum atomic E-state index is -1.04. The molecule has 31 heavy (non-hydrogen) atoms. The number of fused-ring (bicyclic) bond motifs is 3. The quantitative estimate of drug-likeness (QED) is 0.631. The molecule has 0 N–H and O–H groups in total. The summed E-state index contributed by atoms with van der Waals surface area (Å²) in [5.41, 5.74) is 5.37. The molecule has 2 unspecified atom stereocenters. The molecule has 0 radical (unpaired) electrons. The molecule has 0 bridgehead atoms. The zero-order chi connectivity index (χ0) is 20.5. The van der Waals surface area contributed by atoms with E-state index in [-0.39, 0.29) is 0 Å². The average molecular weight is 433 g/mol. The number of hydrogen-bond donors (Lipinski definition) is 0. The molecule has 1 aliphatic carbocycles. The number of nitrogens with zero attached hydrogens (tertiary/aromatic N) is 6. The van der Waals surface area contributed by atoms with Gasteiger partial charge in [-0.15, -0.1) is 0 Å². The van der Waals surface area contributed by atoms with E-state index in [4.69, 9.17) is 9.97 Å². The van der Waals surface area contributed by atoms with Gasteiger partial charge < -0.3 is 9.80 Å². The molecule has 5 heterocycles. The molecule has 3 aromatic rings. The standard InChI is InChI=1S/C23H24N6OS/c30-31-9-6-20-21(31)22(29-8-1-7-24-29)26-23(25-20)28-13-17-11-27(12-18(17)14-28)19-5-4-15-2-3-16(15)10-19/h1,4-5,7-8,10,17-18H,2-3,6,9,11-14H2/t17?,18?,31-/m1/s1. The molecular formula is C23H24N6OS. The lowest BCUT2D eigenvalue weighted by Crippen LogP contribution is -2.30. The SMILES string of the molecule is O=[S@@]1CCc2nc(N3CC4CN(c5ccc6c(c5)CC6)CC4C3)nc(-n3cccn3)c21. The van der Waals surface area contributed by atoms with E-state index >= 15 is 0 Å². The minimum Gasteiger partial charge on any atom is -0.371 e. The van der Waals surface area contributed by atoms with Crippen LogP contribution in [-0.4, -0.2) is 55.9 Å². The summed E-state index contributed by atoms with van der Waals surface area (Å²) in [6.45, 7) is 4.15. The Morgan fingerprint density at radius 3 is 2.45 bits per heavy atom. The van der Waals surface area contributed by atoms with E-state index in [1.54, 1.807) is 10.9 Å². The summed E-state index contributed by atoms with van der Waals surface area (Å²) >= 11 is 0. The van der Waals surface area contributed by atoms with Crippen LogP contribution in [0.5, 0.6) is 0 Å². The number of aryl methyl sites for hydroxylation is 3. The van der Waals surface area contributed by atoms with Crippen LogP contribution in [0.2, 0.25) is 0 Å². The van der Waals surface area contributed by atoms with Gasteiger partial charge >= 0.3 is 0 Å². The summed E-state index contributed by atoms with van der Waals surface area (Å²) in [7, 11) is -1.04. The Morgan fingerprint density at radius 2 is 1.74 bits per heavy atom. The van der Waals surface area contributed by atoms with Crippen molar-refractivity contribution in [2.24, 2.45) is 11.8 Å². The van der Waals surface area contributed by atoms with Gasteiger partial charge in [0.2, 0.25) is 5.95 Å². The van der Waals surface area contributed by atoms with Crippen LogP contribution >= 0.6 is 0 Å². The normalized spacial score (nSPS) is 26.0. The molecule has 2 fully saturated rings. The third-order valence-electron chi connectivity index (χ3n) is 7.37. The van der Waals surface area contributed by atoms with Crippen molar-refractivity contribution in [2.45, 2.75) is 24.2 Å². The van der Waals surface area contributed by atoms with Gasteiger partial charge in [-0.25, -0.2) is 9.67 Å². The fourth-order valence-electron chi connectivity index (χ4n) is 5.60. The van der Waals surface area contributed by atoms with E-state index in [1.807, 2.05) is 12.3 Å². The van der Waals surface area contributed by atoms with E-state index < -0.39 is 10.8 Å². The molecule has 4 aliphatic rings. The van der Waals surface area contributed by atoms with Gasteiger partial charge in [0.05, 0.1) is 16.5 Å². The van der Waals surface area contributed by atoms with Gasteiger partial charge in [-0.2, -0.15) is 10.1 Å². The molecule has 3 aliphatic heterocycles. The van der Waals surface area contributed by atoms with Crippen LogP contribution in [0.4, 0.5) is 11.6 Å². The van der Waals surface area contributed by atoms with Gasteiger partial charge in [-0.05, 0) is 42.2 Å². The number of anilines is 2. The first kappa shape index (κ1) is 17.9. The summed E-state index contributed by atoms with van der Waals surface area (Å²) in [5, 5.41) is 4.35. The molecular weight excluding hydrogens is 408 g/mol. The van der Waals surface area contributed by atoms with Crippen LogP contribution in [0.1, 0.15) is 16.8 Å². The smallest absolute Gasteiger partial charge is 0.227 e. The van der Waals surface area contributed by atoms with Crippen LogP contribution < -0.4 is 9.80 Å². The van der Waals surface area contributed by atoms with Gasteiger partial charge in [0.25, 0.3) is 0 Å². The summed E-state index contributed by atoms with van der Waals surface area (Å²) in [6, 6.07) is 8.89. The summed E-state index contributed by atoms with van der Waals surface area (Å²) < 4.78 is 14.3. The second kappa shape index (κ2) is 6.63. The third kappa shape index (κ3) is 2.77. The summed E-state index contributed by atoms with van der Waals surface area (Å²) in [5.74, 6) is 3.34. The van der Waals surface area contributed by atoms with Crippen molar-refractivity contribution in [3.63, 3.8) is 0 Å². The van der Waals surface area contributed by atoms with E-state index in [2.05, 4.69) is 33.1 Å². The highest BCUT2D eigenvalue weighted by Crippen LogP contribution is 2.38. The van der Waals surface area contributed by atoms with E-state index in [9.17, 15) is 4.21 Å². The number of hydrogen-bond acceptors (Lipinski definition) is 6. The monoisotopic (exact) mass is 432 g/mol. The molecule has 2 aromatic heterocycles. The first-order valence-corrected chi connectivity index (χ1v) is 12.5. The molecule has 7 rings (SSSR count). The Labute approximate surface area is 183 Å². The Balaban J connectivity index is 1.15. The van der Waals surface area contributed by atoms with Crippen LogP contribution in [0.25, 0.3) is 5.82 Å². The van der Waals surface area contributed by atoms with Crippen LogP contribution in [0, 0.1) is 11.8 Å². The van der Waals surface area contributed by atoms with Gasteiger partial charge in [-0.1, -0.05) is 6.07 Å². The Kier molecular flexibility index (Phi) is 3.82. The average Bonchev–Trinajstić information content (AvgIpc) is 3.52. The molecule has 0 spiro atoms. The molecule has 0 saturated carbocycles. The Bertz CT molecular complexity index is 1200. The van der Waals surface area contributed by atoms with Crippen molar-refractivity contribution in [3.05, 3.63) is 53.5 Å². The maximum Gasteiger partial charge on any atom is 0.227 e. The Hall–Kier alpha value is -2.74.